The molecule has 2 fully saturated rings. The van der Waals surface area contributed by atoms with Crippen molar-refractivity contribution in [3.05, 3.63) is 0 Å². The van der Waals surface area contributed by atoms with Gasteiger partial charge in [0, 0.05) is 0 Å². The zero-order chi connectivity index (χ0) is 10.2. The molecule has 2 aliphatic carbocycles. The third-order valence-electron chi connectivity index (χ3n) is 3.92. The predicted molar refractivity (Wildman–Crippen MR) is 53.6 cm³/mol. The molecule has 2 N–H and O–H groups in total. The molecule has 14 heavy (non-hydrogen) atoms. The Morgan fingerprint density at radius 3 is 2.79 bits per heavy atom. The maximum absolute atomic E-state index is 11.3. The van der Waals surface area contributed by atoms with Crippen molar-refractivity contribution in [3.8, 4) is 0 Å². The van der Waals surface area contributed by atoms with E-state index in [9.17, 15) is 4.79 Å². The molecule has 0 heterocycles. The van der Waals surface area contributed by atoms with Crippen LogP contribution in [0, 0.1) is 11.3 Å². The maximum Gasteiger partial charge on any atom is 0.322 e. The Hall–Kier alpha value is -0.570. The number of carbonyl (C=O) groups excluding carboxylic acids is 1. The van der Waals surface area contributed by atoms with Crippen molar-refractivity contribution in [2.75, 3.05) is 7.11 Å². The van der Waals surface area contributed by atoms with E-state index in [4.69, 9.17) is 5.73 Å². The number of hydrogen-bond donors (Lipinski definition) is 1. The first-order chi connectivity index (χ1) is 6.67. The molecule has 0 aromatic carbocycles. The lowest BCUT2D eigenvalue weighted by Gasteiger charge is -2.31. The molecule has 0 saturated heterocycles. The van der Waals surface area contributed by atoms with E-state index in [1.807, 2.05) is 0 Å². The van der Waals surface area contributed by atoms with Gasteiger partial charge in [0.1, 0.15) is 6.04 Å². The molecule has 0 radical (unpaired) electrons. The molecule has 80 valence electrons. The van der Waals surface area contributed by atoms with E-state index in [-0.39, 0.29) is 5.97 Å². The molecule has 3 nitrogen and oxygen atoms in total. The van der Waals surface area contributed by atoms with Crippen molar-refractivity contribution in [1.29, 1.82) is 0 Å². The Morgan fingerprint density at radius 1 is 1.50 bits per heavy atom. The Balaban J connectivity index is 1.93. The van der Waals surface area contributed by atoms with Crippen molar-refractivity contribution in [2.24, 2.45) is 17.1 Å². The minimum atomic E-state index is -0.391. The van der Waals surface area contributed by atoms with Gasteiger partial charge in [-0.2, -0.15) is 0 Å². The van der Waals surface area contributed by atoms with Crippen LogP contribution in [-0.4, -0.2) is 19.1 Å². The van der Waals surface area contributed by atoms with Gasteiger partial charge in [-0.25, -0.2) is 0 Å². The van der Waals surface area contributed by atoms with Crippen LogP contribution in [0.25, 0.3) is 0 Å². The van der Waals surface area contributed by atoms with Gasteiger partial charge in [0.15, 0.2) is 0 Å². The molecule has 0 aromatic rings. The van der Waals surface area contributed by atoms with Crippen LogP contribution in [0.4, 0.5) is 0 Å². The van der Waals surface area contributed by atoms with Gasteiger partial charge >= 0.3 is 5.97 Å². The fourth-order valence-electron chi connectivity index (χ4n) is 2.77. The molecular weight excluding hydrogens is 178 g/mol. The summed E-state index contributed by atoms with van der Waals surface area (Å²) < 4.78 is 4.69. The quantitative estimate of drug-likeness (QED) is 0.682. The molecule has 0 amide bonds. The van der Waals surface area contributed by atoms with E-state index < -0.39 is 6.04 Å². The van der Waals surface area contributed by atoms with Gasteiger partial charge in [0.2, 0.25) is 0 Å². The highest BCUT2D eigenvalue weighted by Crippen LogP contribution is 2.57. The number of esters is 1. The van der Waals surface area contributed by atoms with E-state index in [0.29, 0.717) is 11.3 Å². The molecule has 2 rings (SSSR count). The Kier molecular flexibility index (Phi) is 2.52. The van der Waals surface area contributed by atoms with Crippen LogP contribution in [0.1, 0.15) is 38.5 Å². The molecule has 2 aliphatic rings. The lowest BCUT2D eigenvalue weighted by molar-refractivity contribution is -0.144. The second kappa shape index (κ2) is 3.54. The number of hydrogen-bond acceptors (Lipinski definition) is 3. The second-order valence-electron chi connectivity index (χ2n) is 4.91. The summed E-state index contributed by atoms with van der Waals surface area (Å²) >= 11 is 0. The van der Waals surface area contributed by atoms with Crippen LogP contribution >= 0.6 is 0 Å². The molecule has 0 aromatic heterocycles. The van der Waals surface area contributed by atoms with E-state index >= 15 is 0 Å². The Morgan fingerprint density at radius 2 is 2.21 bits per heavy atom. The predicted octanol–water partition coefficient (Wildman–Crippen LogP) is 1.46. The first-order valence-corrected chi connectivity index (χ1v) is 5.50. The third kappa shape index (κ3) is 1.78. The zero-order valence-corrected chi connectivity index (χ0v) is 8.79. The smallest absolute Gasteiger partial charge is 0.322 e. The topological polar surface area (TPSA) is 52.3 Å². The van der Waals surface area contributed by atoms with Gasteiger partial charge in [-0.15, -0.1) is 0 Å². The van der Waals surface area contributed by atoms with Gasteiger partial charge in [-0.3, -0.25) is 4.79 Å². The standard InChI is InChI=1S/C11H19NO2/c1-14-10(13)9(12)8-3-2-4-11(7-8)5-6-11/h8-9H,2-7,12H2,1H3/t8-,9?/m0/s1. The van der Waals surface area contributed by atoms with Crippen molar-refractivity contribution in [1.82, 2.24) is 0 Å². The molecule has 2 saturated carbocycles. The summed E-state index contributed by atoms with van der Waals surface area (Å²) in [4.78, 5) is 11.3. The lowest BCUT2D eigenvalue weighted by atomic mass is 9.76. The van der Waals surface area contributed by atoms with Gasteiger partial charge in [-0.05, 0) is 43.4 Å². The summed E-state index contributed by atoms with van der Waals surface area (Å²) in [5.74, 6) is 0.117. The second-order valence-corrected chi connectivity index (χ2v) is 4.91. The van der Waals surface area contributed by atoms with Crippen molar-refractivity contribution in [2.45, 2.75) is 44.6 Å². The average molecular weight is 197 g/mol. The minimum Gasteiger partial charge on any atom is -0.468 e. The Bertz CT molecular complexity index is 235. The van der Waals surface area contributed by atoms with Gasteiger partial charge in [0.05, 0.1) is 7.11 Å². The normalized spacial score (nSPS) is 31.1. The fraction of sp³-hybridized carbons (Fsp3) is 0.909. The molecule has 2 atom stereocenters. The first-order valence-electron chi connectivity index (χ1n) is 5.50. The van der Waals surface area contributed by atoms with Crippen molar-refractivity contribution >= 4 is 5.97 Å². The zero-order valence-electron chi connectivity index (χ0n) is 8.79. The molecular formula is C11H19NO2. The highest BCUT2D eigenvalue weighted by molar-refractivity contribution is 5.75. The van der Waals surface area contributed by atoms with Gasteiger partial charge in [-0.1, -0.05) is 6.42 Å². The monoisotopic (exact) mass is 197 g/mol. The van der Waals surface area contributed by atoms with Gasteiger partial charge < -0.3 is 10.5 Å². The summed E-state index contributed by atoms with van der Waals surface area (Å²) in [7, 11) is 1.41. The highest BCUT2D eigenvalue weighted by Gasteiger charge is 2.47. The van der Waals surface area contributed by atoms with Crippen LogP contribution in [-0.2, 0) is 9.53 Å². The van der Waals surface area contributed by atoms with Crippen molar-refractivity contribution < 1.29 is 9.53 Å². The van der Waals surface area contributed by atoms with Crippen LogP contribution in [0.15, 0.2) is 0 Å². The van der Waals surface area contributed by atoms with E-state index in [0.717, 1.165) is 12.8 Å². The minimum absolute atomic E-state index is 0.243. The van der Waals surface area contributed by atoms with E-state index in [1.54, 1.807) is 0 Å². The summed E-state index contributed by atoms with van der Waals surface area (Å²) in [5.41, 5.74) is 6.45. The summed E-state index contributed by atoms with van der Waals surface area (Å²) in [5, 5.41) is 0. The molecule has 1 unspecified atom stereocenters. The van der Waals surface area contributed by atoms with E-state index in [1.165, 1.54) is 32.8 Å². The van der Waals surface area contributed by atoms with E-state index in [2.05, 4.69) is 4.74 Å². The largest absolute Gasteiger partial charge is 0.468 e. The molecule has 0 bridgehead atoms. The molecule has 0 aliphatic heterocycles. The summed E-state index contributed by atoms with van der Waals surface area (Å²) in [6.45, 7) is 0. The SMILES string of the molecule is COC(=O)C(N)[C@H]1CCCC2(CC2)C1. The number of rotatable bonds is 2. The number of methoxy groups -OCH3 is 1. The lowest BCUT2D eigenvalue weighted by Crippen LogP contribution is -2.41. The molecule has 3 heteroatoms. The highest BCUT2D eigenvalue weighted by atomic mass is 16.5. The summed E-state index contributed by atoms with van der Waals surface area (Å²) in [6, 6.07) is -0.391. The van der Waals surface area contributed by atoms with Crippen LogP contribution in [0.5, 0.6) is 0 Å². The Labute approximate surface area is 85.0 Å². The van der Waals surface area contributed by atoms with Gasteiger partial charge in [0.25, 0.3) is 0 Å². The number of carbonyl (C=O) groups is 1. The summed E-state index contributed by atoms with van der Waals surface area (Å²) in [6.07, 6.45) is 7.50. The number of nitrogens with two attached hydrogens (primary N) is 1. The molecule has 1 spiro atoms. The van der Waals surface area contributed by atoms with Crippen molar-refractivity contribution in [3.63, 3.8) is 0 Å². The fourth-order valence-corrected chi connectivity index (χ4v) is 2.77. The average Bonchev–Trinajstić information content (AvgIpc) is 2.95. The third-order valence-corrected chi connectivity index (χ3v) is 3.92. The van der Waals surface area contributed by atoms with Crippen LogP contribution in [0.3, 0.4) is 0 Å². The number of ether oxygens (including phenoxy) is 1. The van der Waals surface area contributed by atoms with Crippen LogP contribution < -0.4 is 5.73 Å². The first kappa shape index (κ1) is 9.97. The maximum atomic E-state index is 11.3. The van der Waals surface area contributed by atoms with Crippen LogP contribution in [0.2, 0.25) is 0 Å².